The standard InChI is InChI=1S/C20H18O5/c1-3-23-19(21)12-24-15-8-9-16-17(11-15)25-18(20(16)22)10-14-7-5-4-6-13(14)2/h4-11H,3,12H2,1-2H3/b18-10-. The molecule has 3 rings (SSSR count). The first-order valence-corrected chi connectivity index (χ1v) is 8.01. The summed E-state index contributed by atoms with van der Waals surface area (Å²) in [5.41, 5.74) is 2.46. The van der Waals surface area contributed by atoms with Crippen molar-refractivity contribution < 1.29 is 23.8 Å². The van der Waals surface area contributed by atoms with E-state index in [1.807, 2.05) is 31.2 Å². The highest BCUT2D eigenvalue weighted by Gasteiger charge is 2.27. The molecule has 2 aromatic carbocycles. The zero-order valence-electron chi connectivity index (χ0n) is 14.1. The minimum absolute atomic E-state index is 0.171. The molecule has 0 bridgehead atoms. The third kappa shape index (κ3) is 3.71. The molecule has 0 radical (unpaired) electrons. The van der Waals surface area contributed by atoms with Gasteiger partial charge in [-0.25, -0.2) is 4.79 Å². The van der Waals surface area contributed by atoms with Crippen LogP contribution >= 0.6 is 0 Å². The van der Waals surface area contributed by atoms with Crippen LogP contribution in [-0.2, 0) is 9.53 Å². The summed E-state index contributed by atoms with van der Waals surface area (Å²) in [5.74, 6) is 0.519. The number of Topliss-reactive ketones (excluding diaryl/α,β-unsaturated/α-hetero) is 1. The van der Waals surface area contributed by atoms with Gasteiger partial charge in [0.2, 0.25) is 5.78 Å². The van der Waals surface area contributed by atoms with Crippen molar-refractivity contribution in [2.24, 2.45) is 0 Å². The van der Waals surface area contributed by atoms with E-state index in [0.29, 0.717) is 23.7 Å². The van der Waals surface area contributed by atoms with Crippen LogP contribution in [0.3, 0.4) is 0 Å². The summed E-state index contributed by atoms with van der Waals surface area (Å²) in [6, 6.07) is 12.6. The lowest BCUT2D eigenvalue weighted by atomic mass is 10.1. The maximum Gasteiger partial charge on any atom is 0.344 e. The van der Waals surface area contributed by atoms with Gasteiger partial charge in [-0.15, -0.1) is 0 Å². The number of esters is 1. The van der Waals surface area contributed by atoms with Crippen LogP contribution in [0.15, 0.2) is 48.2 Å². The Morgan fingerprint density at radius 2 is 2.00 bits per heavy atom. The van der Waals surface area contributed by atoms with E-state index in [2.05, 4.69) is 0 Å². The van der Waals surface area contributed by atoms with Crippen molar-refractivity contribution >= 4 is 17.8 Å². The van der Waals surface area contributed by atoms with Crippen LogP contribution in [0.25, 0.3) is 6.08 Å². The van der Waals surface area contributed by atoms with Crippen LogP contribution in [-0.4, -0.2) is 25.0 Å². The molecule has 0 amide bonds. The normalized spacial score (nSPS) is 14.2. The van der Waals surface area contributed by atoms with E-state index in [9.17, 15) is 9.59 Å². The second kappa shape index (κ2) is 7.21. The Hall–Kier alpha value is -3.08. The molecule has 0 fully saturated rings. The van der Waals surface area contributed by atoms with Gasteiger partial charge >= 0.3 is 5.97 Å². The lowest BCUT2D eigenvalue weighted by Crippen LogP contribution is -2.14. The molecule has 1 aliphatic rings. The van der Waals surface area contributed by atoms with Gasteiger partial charge < -0.3 is 14.2 Å². The number of benzene rings is 2. The van der Waals surface area contributed by atoms with E-state index in [1.54, 1.807) is 31.2 Å². The Kier molecular flexibility index (Phi) is 4.84. The highest BCUT2D eigenvalue weighted by molar-refractivity contribution is 6.14. The summed E-state index contributed by atoms with van der Waals surface area (Å²) in [6.07, 6.45) is 1.73. The molecule has 1 aliphatic heterocycles. The first-order valence-electron chi connectivity index (χ1n) is 8.01. The average molecular weight is 338 g/mol. The molecule has 0 saturated carbocycles. The van der Waals surface area contributed by atoms with E-state index in [-0.39, 0.29) is 18.1 Å². The molecule has 0 aromatic heterocycles. The molecule has 0 N–H and O–H groups in total. The van der Waals surface area contributed by atoms with E-state index in [4.69, 9.17) is 14.2 Å². The SMILES string of the molecule is CCOC(=O)COc1ccc2c(c1)O/C(=C\c1ccccc1C)C2=O. The van der Waals surface area contributed by atoms with Crippen molar-refractivity contribution in [2.45, 2.75) is 13.8 Å². The summed E-state index contributed by atoms with van der Waals surface area (Å²) in [7, 11) is 0. The van der Waals surface area contributed by atoms with Crippen molar-refractivity contribution in [1.29, 1.82) is 0 Å². The van der Waals surface area contributed by atoms with Crippen LogP contribution in [0.4, 0.5) is 0 Å². The zero-order chi connectivity index (χ0) is 17.8. The fourth-order valence-electron chi connectivity index (χ4n) is 2.49. The highest BCUT2D eigenvalue weighted by Crippen LogP contribution is 2.35. The summed E-state index contributed by atoms with van der Waals surface area (Å²) < 4.78 is 15.9. The summed E-state index contributed by atoms with van der Waals surface area (Å²) in [5, 5.41) is 0. The van der Waals surface area contributed by atoms with Gasteiger partial charge in [0.1, 0.15) is 11.5 Å². The number of allylic oxidation sites excluding steroid dienone is 1. The van der Waals surface area contributed by atoms with Gasteiger partial charge in [0.15, 0.2) is 12.4 Å². The van der Waals surface area contributed by atoms with Gasteiger partial charge in [0.05, 0.1) is 12.2 Å². The number of ether oxygens (including phenoxy) is 3. The van der Waals surface area contributed by atoms with Gasteiger partial charge in [-0.3, -0.25) is 4.79 Å². The Bertz CT molecular complexity index is 851. The Labute approximate surface area is 145 Å². The summed E-state index contributed by atoms with van der Waals surface area (Å²) in [6.45, 7) is 3.82. The maximum atomic E-state index is 12.5. The van der Waals surface area contributed by atoms with Crippen molar-refractivity contribution in [3.05, 3.63) is 64.9 Å². The smallest absolute Gasteiger partial charge is 0.344 e. The lowest BCUT2D eigenvalue weighted by Gasteiger charge is -2.06. The Morgan fingerprint density at radius 3 is 2.76 bits per heavy atom. The van der Waals surface area contributed by atoms with Crippen molar-refractivity contribution in [2.75, 3.05) is 13.2 Å². The lowest BCUT2D eigenvalue weighted by molar-refractivity contribution is -0.145. The maximum absolute atomic E-state index is 12.5. The third-order valence-corrected chi connectivity index (χ3v) is 3.78. The van der Waals surface area contributed by atoms with E-state index >= 15 is 0 Å². The number of hydrogen-bond donors (Lipinski definition) is 0. The van der Waals surface area contributed by atoms with Crippen molar-refractivity contribution in [3.8, 4) is 11.5 Å². The van der Waals surface area contributed by atoms with Crippen LogP contribution in [0.5, 0.6) is 11.5 Å². The molecule has 25 heavy (non-hydrogen) atoms. The van der Waals surface area contributed by atoms with Gasteiger partial charge in [-0.05, 0) is 43.2 Å². The monoisotopic (exact) mass is 338 g/mol. The molecule has 5 heteroatoms. The van der Waals surface area contributed by atoms with Gasteiger partial charge in [-0.1, -0.05) is 24.3 Å². The number of aryl methyl sites for hydroxylation is 1. The molecular weight excluding hydrogens is 320 g/mol. The van der Waals surface area contributed by atoms with Gasteiger partial charge in [0, 0.05) is 6.07 Å². The molecule has 0 unspecified atom stereocenters. The third-order valence-electron chi connectivity index (χ3n) is 3.78. The first kappa shape index (κ1) is 16.8. The number of hydrogen-bond acceptors (Lipinski definition) is 5. The second-order valence-electron chi connectivity index (χ2n) is 5.55. The molecule has 2 aromatic rings. The van der Waals surface area contributed by atoms with E-state index < -0.39 is 5.97 Å². The molecule has 0 aliphatic carbocycles. The predicted molar refractivity (Wildman–Crippen MR) is 92.7 cm³/mol. The Morgan fingerprint density at radius 1 is 1.20 bits per heavy atom. The van der Waals surface area contributed by atoms with Crippen molar-refractivity contribution in [3.63, 3.8) is 0 Å². The van der Waals surface area contributed by atoms with Gasteiger partial charge in [-0.2, -0.15) is 0 Å². The number of carbonyl (C=O) groups is 2. The highest BCUT2D eigenvalue weighted by atomic mass is 16.6. The average Bonchev–Trinajstić information content (AvgIpc) is 2.91. The van der Waals surface area contributed by atoms with E-state index in [0.717, 1.165) is 11.1 Å². The first-order chi connectivity index (χ1) is 12.1. The van der Waals surface area contributed by atoms with Crippen LogP contribution in [0, 0.1) is 6.92 Å². The fourth-order valence-corrected chi connectivity index (χ4v) is 2.49. The van der Waals surface area contributed by atoms with Crippen LogP contribution in [0.1, 0.15) is 28.4 Å². The number of ketones is 1. The number of carbonyl (C=O) groups excluding carboxylic acids is 2. The van der Waals surface area contributed by atoms with Crippen molar-refractivity contribution in [1.82, 2.24) is 0 Å². The summed E-state index contributed by atoms with van der Waals surface area (Å²) in [4.78, 5) is 23.8. The van der Waals surface area contributed by atoms with Crippen LogP contribution in [0.2, 0.25) is 0 Å². The zero-order valence-corrected chi connectivity index (χ0v) is 14.1. The molecular formula is C20H18O5. The van der Waals surface area contributed by atoms with E-state index in [1.165, 1.54) is 0 Å². The molecule has 1 heterocycles. The molecule has 0 saturated heterocycles. The summed E-state index contributed by atoms with van der Waals surface area (Å²) >= 11 is 0. The minimum atomic E-state index is -0.444. The largest absolute Gasteiger partial charge is 0.482 e. The molecule has 0 spiro atoms. The van der Waals surface area contributed by atoms with Crippen LogP contribution < -0.4 is 9.47 Å². The Balaban J connectivity index is 1.77. The van der Waals surface area contributed by atoms with Gasteiger partial charge in [0.25, 0.3) is 0 Å². The molecule has 5 nitrogen and oxygen atoms in total. The topological polar surface area (TPSA) is 61.8 Å². The predicted octanol–water partition coefficient (Wildman–Crippen LogP) is 3.55. The number of rotatable bonds is 5. The quantitative estimate of drug-likeness (QED) is 0.616. The molecule has 128 valence electrons. The number of fused-ring (bicyclic) bond motifs is 1. The fraction of sp³-hybridized carbons (Fsp3) is 0.200. The second-order valence-corrected chi connectivity index (χ2v) is 5.55. The minimum Gasteiger partial charge on any atom is -0.482 e. The molecule has 0 atom stereocenters.